The lowest BCUT2D eigenvalue weighted by Gasteiger charge is -2.08. The van der Waals surface area contributed by atoms with E-state index >= 15 is 0 Å². The summed E-state index contributed by atoms with van der Waals surface area (Å²) in [6, 6.07) is 0. The molecule has 0 amide bonds. The zero-order valence-electron chi connectivity index (χ0n) is 7.63. The molecule has 13 heavy (non-hydrogen) atoms. The van der Waals surface area contributed by atoms with E-state index in [0.29, 0.717) is 17.5 Å². The van der Waals surface area contributed by atoms with E-state index in [9.17, 15) is 0 Å². The van der Waals surface area contributed by atoms with E-state index in [1.165, 1.54) is 0 Å². The molecule has 0 aromatic carbocycles. The fourth-order valence-corrected chi connectivity index (χ4v) is 1.10. The fourth-order valence-electron chi connectivity index (χ4n) is 0.918. The Morgan fingerprint density at radius 2 is 2.00 bits per heavy atom. The molecule has 72 valence electrons. The number of hydrogen-bond donors (Lipinski definition) is 2. The van der Waals surface area contributed by atoms with E-state index in [2.05, 4.69) is 15.5 Å². The third-order valence-corrected chi connectivity index (χ3v) is 2.23. The van der Waals surface area contributed by atoms with Gasteiger partial charge in [0.25, 0.3) is 0 Å². The van der Waals surface area contributed by atoms with Crippen LogP contribution in [0.3, 0.4) is 0 Å². The van der Waals surface area contributed by atoms with Crippen LogP contribution in [0.2, 0.25) is 5.15 Å². The minimum atomic E-state index is 0.0722. The standard InChI is InChI=1S/C8H12ClN3O/c1-5-6(2)8(10-3-4-13)12-11-7(5)9/h13H,3-4H2,1-2H3,(H,10,12). The van der Waals surface area contributed by atoms with Gasteiger partial charge < -0.3 is 10.4 Å². The van der Waals surface area contributed by atoms with Crippen molar-refractivity contribution < 1.29 is 5.11 Å². The average molecular weight is 202 g/mol. The Balaban J connectivity index is 2.90. The van der Waals surface area contributed by atoms with Gasteiger partial charge in [-0.3, -0.25) is 0 Å². The highest BCUT2D eigenvalue weighted by atomic mass is 35.5. The predicted octanol–water partition coefficient (Wildman–Crippen LogP) is 1.15. The van der Waals surface area contributed by atoms with Crippen LogP contribution >= 0.6 is 11.6 Å². The molecule has 1 heterocycles. The van der Waals surface area contributed by atoms with Crippen molar-refractivity contribution in [1.82, 2.24) is 10.2 Å². The first-order valence-corrected chi connectivity index (χ1v) is 4.38. The number of nitrogens with one attached hydrogen (secondary N) is 1. The van der Waals surface area contributed by atoms with Crippen molar-refractivity contribution in [2.45, 2.75) is 13.8 Å². The van der Waals surface area contributed by atoms with E-state index in [0.717, 1.165) is 11.1 Å². The molecule has 0 fully saturated rings. The SMILES string of the molecule is Cc1c(Cl)nnc(NCCO)c1C. The van der Waals surface area contributed by atoms with Gasteiger partial charge in [-0.2, -0.15) is 0 Å². The summed E-state index contributed by atoms with van der Waals surface area (Å²) in [6.45, 7) is 4.34. The smallest absolute Gasteiger partial charge is 0.155 e. The van der Waals surface area contributed by atoms with E-state index in [4.69, 9.17) is 16.7 Å². The molecule has 0 spiro atoms. The topological polar surface area (TPSA) is 58.0 Å². The van der Waals surface area contributed by atoms with Crippen LogP contribution in [-0.4, -0.2) is 28.5 Å². The summed E-state index contributed by atoms with van der Waals surface area (Å²) in [5.41, 5.74) is 1.88. The molecule has 0 aliphatic heterocycles. The maximum absolute atomic E-state index is 8.61. The Kier molecular flexibility index (Phi) is 3.45. The van der Waals surface area contributed by atoms with Crippen LogP contribution in [0.25, 0.3) is 0 Å². The molecular weight excluding hydrogens is 190 g/mol. The normalized spacial score (nSPS) is 10.2. The zero-order chi connectivity index (χ0) is 9.84. The molecular formula is C8H12ClN3O. The Hall–Kier alpha value is -0.870. The first-order chi connectivity index (χ1) is 6.16. The van der Waals surface area contributed by atoms with Gasteiger partial charge >= 0.3 is 0 Å². The van der Waals surface area contributed by atoms with Crippen molar-refractivity contribution >= 4 is 17.4 Å². The molecule has 0 aliphatic rings. The Labute approximate surface area is 81.9 Å². The van der Waals surface area contributed by atoms with Gasteiger partial charge in [0.05, 0.1) is 6.61 Å². The first-order valence-electron chi connectivity index (χ1n) is 4.01. The molecule has 5 heteroatoms. The number of aliphatic hydroxyl groups is 1. The van der Waals surface area contributed by atoms with Gasteiger partial charge in [-0.1, -0.05) is 11.6 Å². The number of halogens is 1. The maximum Gasteiger partial charge on any atom is 0.155 e. The zero-order valence-corrected chi connectivity index (χ0v) is 8.39. The number of rotatable bonds is 3. The van der Waals surface area contributed by atoms with E-state index in [-0.39, 0.29) is 6.61 Å². The molecule has 0 atom stereocenters. The van der Waals surface area contributed by atoms with Crippen LogP contribution in [0.5, 0.6) is 0 Å². The van der Waals surface area contributed by atoms with Crippen molar-refractivity contribution in [3.8, 4) is 0 Å². The molecule has 2 N–H and O–H groups in total. The summed E-state index contributed by atoms with van der Waals surface area (Å²) < 4.78 is 0. The van der Waals surface area contributed by atoms with Crippen LogP contribution in [-0.2, 0) is 0 Å². The van der Waals surface area contributed by atoms with Gasteiger partial charge in [0.2, 0.25) is 0 Å². The highest BCUT2D eigenvalue weighted by Gasteiger charge is 2.06. The van der Waals surface area contributed by atoms with Crippen LogP contribution < -0.4 is 5.32 Å². The van der Waals surface area contributed by atoms with Crippen LogP contribution in [0.1, 0.15) is 11.1 Å². The summed E-state index contributed by atoms with van der Waals surface area (Å²) >= 11 is 5.77. The molecule has 0 bridgehead atoms. The molecule has 1 aromatic heterocycles. The molecule has 0 saturated heterocycles. The largest absolute Gasteiger partial charge is 0.395 e. The van der Waals surface area contributed by atoms with Crippen LogP contribution in [0, 0.1) is 13.8 Å². The minimum absolute atomic E-state index is 0.0722. The van der Waals surface area contributed by atoms with Crippen molar-refractivity contribution in [2.75, 3.05) is 18.5 Å². The van der Waals surface area contributed by atoms with E-state index < -0.39 is 0 Å². The minimum Gasteiger partial charge on any atom is -0.395 e. The Bertz CT molecular complexity index is 304. The lowest BCUT2D eigenvalue weighted by molar-refractivity contribution is 0.311. The molecule has 4 nitrogen and oxygen atoms in total. The quantitative estimate of drug-likeness (QED) is 0.771. The summed E-state index contributed by atoms with van der Waals surface area (Å²) in [4.78, 5) is 0. The second kappa shape index (κ2) is 4.39. The van der Waals surface area contributed by atoms with Crippen molar-refractivity contribution in [3.63, 3.8) is 0 Å². The lowest BCUT2D eigenvalue weighted by atomic mass is 10.2. The highest BCUT2D eigenvalue weighted by Crippen LogP contribution is 2.19. The summed E-state index contributed by atoms with van der Waals surface area (Å²) in [7, 11) is 0. The van der Waals surface area contributed by atoms with E-state index in [1.807, 2.05) is 13.8 Å². The second-order valence-electron chi connectivity index (χ2n) is 2.74. The molecule has 1 rings (SSSR count). The van der Waals surface area contributed by atoms with Gasteiger partial charge in [-0.05, 0) is 25.0 Å². The van der Waals surface area contributed by atoms with Crippen molar-refractivity contribution in [3.05, 3.63) is 16.3 Å². The molecule has 0 unspecified atom stereocenters. The molecule has 0 aliphatic carbocycles. The first kappa shape index (κ1) is 10.2. The third kappa shape index (κ3) is 2.29. The third-order valence-electron chi connectivity index (χ3n) is 1.87. The van der Waals surface area contributed by atoms with Crippen molar-refractivity contribution in [2.24, 2.45) is 0 Å². The van der Waals surface area contributed by atoms with Gasteiger partial charge in [0.1, 0.15) is 0 Å². The number of aromatic nitrogens is 2. The average Bonchev–Trinajstić information content (AvgIpc) is 2.13. The Morgan fingerprint density at radius 3 is 2.62 bits per heavy atom. The lowest BCUT2D eigenvalue weighted by Crippen LogP contribution is -2.10. The Morgan fingerprint density at radius 1 is 1.31 bits per heavy atom. The predicted molar refractivity (Wildman–Crippen MR) is 52.1 cm³/mol. The molecule has 0 saturated carbocycles. The van der Waals surface area contributed by atoms with Gasteiger partial charge in [0.15, 0.2) is 11.0 Å². The number of hydrogen-bond acceptors (Lipinski definition) is 4. The molecule has 0 radical (unpaired) electrons. The van der Waals surface area contributed by atoms with Crippen LogP contribution in [0.4, 0.5) is 5.82 Å². The fraction of sp³-hybridized carbons (Fsp3) is 0.500. The summed E-state index contributed by atoms with van der Waals surface area (Å²) in [6.07, 6.45) is 0. The highest BCUT2D eigenvalue weighted by molar-refractivity contribution is 6.30. The van der Waals surface area contributed by atoms with Crippen molar-refractivity contribution in [1.29, 1.82) is 0 Å². The van der Waals surface area contributed by atoms with Gasteiger partial charge in [0, 0.05) is 6.54 Å². The summed E-state index contributed by atoms with van der Waals surface area (Å²) in [5, 5.41) is 19.6. The summed E-state index contributed by atoms with van der Waals surface area (Å²) in [5.74, 6) is 0.677. The molecule has 1 aromatic rings. The number of aliphatic hydroxyl groups excluding tert-OH is 1. The van der Waals surface area contributed by atoms with Gasteiger partial charge in [-0.25, -0.2) is 0 Å². The monoisotopic (exact) mass is 201 g/mol. The number of nitrogens with zero attached hydrogens (tertiary/aromatic N) is 2. The maximum atomic E-state index is 8.61. The van der Waals surface area contributed by atoms with E-state index in [1.54, 1.807) is 0 Å². The van der Waals surface area contributed by atoms with Crippen LogP contribution in [0.15, 0.2) is 0 Å². The van der Waals surface area contributed by atoms with Gasteiger partial charge in [-0.15, -0.1) is 10.2 Å². The second-order valence-corrected chi connectivity index (χ2v) is 3.10. The number of anilines is 1.